The number of piperidine rings is 1. The number of hydrogen-bond donors (Lipinski definition) is 1. The quantitative estimate of drug-likeness (QED) is 0.704. The molecule has 32 heavy (non-hydrogen) atoms. The van der Waals surface area contributed by atoms with Gasteiger partial charge in [-0.3, -0.25) is 4.21 Å². The molecule has 7 nitrogen and oxygen atoms in total. The van der Waals surface area contributed by atoms with Crippen molar-refractivity contribution < 1.29 is 13.7 Å². The van der Waals surface area contributed by atoms with Gasteiger partial charge < -0.3 is 19.7 Å². The number of benzene rings is 1. The molecular weight excluding hydrogens is 448 g/mol. The van der Waals surface area contributed by atoms with Gasteiger partial charge >= 0.3 is 0 Å². The lowest BCUT2D eigenvalue weighted by molar-refractivity contribution is 0.0903. The van der Waals surface area contributed by atoms with Crippen molar-refractivity contribution in [3.63, 3.8) is 0 Å². The average molecular weight is 477 g/mol. The highest BCUT2D eigenvalue weighted by Gasteiger charge is 2.30. The van der Waals surface area contributed by atoms with Gasteiger partial charge in [0.05, 0.1) is 16.5 Å². The number of nitrogens with zero attached hydrogens (tertiary/aromatic N) is 3. The fraction of sp³-hybridized carbons (Fsp3) is 0.565. The van der Waals surface area contributed by atoms with Crippen molar-refractivity contribution in [2.45, 2.75) is 56.1 Å². The molecule has 2 fully saturated rings. The zero-order chi connectivity index (χ0) is 22.1. The van der Waals surface area contributed by atoms with E-state index in [1.807, 2.05) is 25.1 Å². The van der Waals surface area contributed by atoms with Gasteiger partial charge in [0.15, 0.2) is 0 Å². The second kappa shape index (κ2) is 9.53. The van der Waals surface area contributed by atoms with E-state index >= 15 is 0 Å². The summed E-state index contributed by atoms with van der Waals surface area (Å²) in [5.41, 5.74) is 1.98. The highest BCUT2D eigenvalue weighted by molar-refractivity contribution is 7.85. The number of aryl methyl sites for hydroxylation is 2. The van der Waals surface area contributed by atoms with E-state index in [-0.39, 0.29) is 6.10 Å². The van der Waals surface area contributed by atoms with Gasteiger partial charge in [-0.05, 0) is 37.5 Å². The summed E-state index contributed by atoms with van der Waals surface area (Å²) < 4.78 is 24.3. The highest BCUT2D eigenvalue weighted by Crippen LogP contribution is 2.32. The predicted molar refractivity (Wildman–Crippen MR) is 127 cm³/mol. The van der Waals surface area contributed by atoms with Gasteiger partial charge in [0.1, 0.15) is 22.6 Å². The Kier molecular flexibility index (Phi) is 6.53. The number of aromatic nitrogens is 2. The second-order valence-electron chi connectivity index (χ2n) is 8.69. The molecular formula is C23H29ClN4O3S. The molecule has 0 aliphatic carbocycles. The highest BCUT2D eigenvalue weighted by atomic mass is 35.5. The molecule has 9 heteroatoms. The maximum absolute atomic E-state index is 12.6. The maximum atomic E-state index is 12.6. The van der Waals surface area contributed by atoms with Crippen molar-refractivity contribution in [2.24, 2.45) is 0 Å². The Morgan fingerprint density at radius 2 is 1.97 bits per heavy atom. The summed E-state index contributed by atoms with van der Waals surface area (Å²) in [4.78, 5) is 12.7. The summed E-state index contributed by atoms with van der Waals surface area (Å²) in [6, 6.07) is 6.16. The minimum atomic E-state index is -1.03. The molecule has 5 rings (SSSR count). The molecule has 1 atom stereocenters. The number of rotatable bonds is 5. The van der Waals surface area contributed by atoms with E-state index in [9.17, 15) is 4.21 Å². The number of nitrogens with one attached hydrogen (secondary N) is 1. The SMILES string of the molecule is Cc1ccc(OC2CCN(c3nc4c(c(NC5CCOCC5)n3)S(=O)CC4)CC2)cc1Cl. The molecule has 1 aromatic carbocycles. The molecule has 3 aliphatic heterocycles. The van der Waals surface area contributed by atoms with Crippen LogP contribution >= 0.6 is 11.6 Å². The van der Waals surface area contributed by atoms with Crippen molar-refractivity contribution in [2.75, 3.05) is 42.3 Å². The topological polar surface area (TPSA) is 76.6 Å². The molecule has 0 radical (unpaired) electrons. The first-order valence-corrected chi connectivity index (χ1v) is 13.1. The van der Waals surface area contributed by atoms with E-state index in [0.717, 1.165) is 97.1 Å². The van der Waals surface area contributed by atoms with E-state index in [1.165, 1.54) is 0 Å². The first kappa shape index (κ1) is 21.9. The van der Waals surface area contributed by atoms with E-state index in [1.54, 1.807) is 0 Å². The summed E-state index contributed by atoms with van der Waals surface area (Å²) in [6.45, 7) is 5.13. The Balaban J connectivity index is 1.28. The van der Waals surface area contributed by atoms with Gasteiger partial charge in [-0.25, -0.2) is 4.98 Å². The third kappa shape index (κ3) is 4.72. The molecule has 2 saturated heterocycles. The Bertz CT molecular complexity index is 1010. The van der Waals surface area contributed by atoms with Gasteiger partial charge in [-0.1, -0.05) is 17.7 Å². The van der Waals surface area contributed by atoms with Crippen LogP contribution in [-0.4, -0.2) is 58.4 Å². The molecule has 0 saturated carbocycles. The summed E-state index contributed by atoms with van der Waals surface area (Å²) in [6.07, 6.45) is 4.54. The van der Waals surface area contributed by atoms with Crippen LogP contribution in [0.25, 0.3) is 0 Å². The van der Waals surface area contributed by atoms with Crippen molar-refractivity contribution in [1.82, 2.24) is 9.97 Å². The summed E-state index contributed by atoms with van der Waals surface area (Å²) >= 11 is 6.24. The first-order valence-electron chi connectivity index (χ1n) is 11.4. The van der Waals surface area contributed by atoms with Gasteiger partial charge in [-0.2, -0.15) is 4.98 Å². The van der Waals surface area contributed by atoms with Crippen LogP contribution in [0.2, 0.25) is 5.02 Å². The lowest BCUT2D eigenvalue weighted by atomic mass is 10.1. The Morgan fingerprint density at radius 1 is 1.19 bits per heavy atom. The number of ether oxygens (including phenoxy) is 2. The fourth-order valence-corrected chi connectivity index (χ4v) is 5.96. The lowest BCUT2D eigenvalue weighted by Crippen LogP contribution is -2.39. The minimum Gasteiger partial charge on any atom is -0.490 e. The van der Waals surface area contributed by atoms with E-state index < -0.39 is 10.8 Å². The molecule has 2 aromatic rings. The third-order valence-corrected chi connectivity index (χ3v) is 8.28. The van der Waals surface area contributed by atoms with Crippen molar-refractivity contribution in [3.05, 3.63) is 34.5 Å². The van der Waals surface area contributed by atoms with Crippen LogP contribution in [0.3, 0.4) is 0 Å². The molecule has 3 aliphatic rings. The monoisotopic (exact) mass is 476 g/mol. The molecule has 1 N–H and O–H groups in total. The molecule has 1 aromatic heterocycles. The van der Waals surface area contributed by atoms with Crippen molar-refractivity contribution in [3.8, 4) is 5.75 Å². The number of fused-ring (bicyclic) bond motifs is 1. The number of anilines is 2. The van der Waals surface area contributed by atoms with Gasteiger partial charge in [0.2, 0.25) is 5.95 Å². The lowest BCUT2D eigenvalue weighted by Gasteiger charge is -2.33. The largest absolute Gasteiger partial charge is 0.490 e. The maximum Gasteiger partial charge on any atom is 0.227 e. The van der Waals surface area contributed by atoms with Crippen LogP contribution in [0.5, 0.6) is 5.75 Å². The zero-order valence-corrected chi connectivity index (χ0v) is 19.9. The standard InChI is InChI=1S/C23H29ClN4O3S/c1-15-2-3-18(14-19(15)24)31-17-4-9-28(10-5-17)23-26-20-8-13-32(29)21(20)22(27-23)25-16-6-11-30-12-7-16/h2-3,14,16-17H,4-13H2,1H3,(H,25,26,27). The van der Waals surface area contributed by atoms with Gasteiger partial charge in [-0.15, -0.1) is 0 Å². The van der Waals surface area contributed by atoms with Gasteiger partial charge in [0, 0.05) is 62.4 Å². The third-order valence-electron chi connectivity index (χ3n) is 6.41. The Hall–Kier alpha value is -1.90. The van der Waals surface area contributed by atoms with Crippen LogP contribution in [0.15, 0.2) is 23.1 Å². The Morgan fingerprint density at radius 3 is 2.72 bits per heavy atom. The molecule has 0 bridgehead atoms. The smallest absolute Gasteiger partial charge is 0.227 e. The molecule has 172 valence electrons. The first-order chi connectivity index (χ1) is 15.6. The fourth-order valence-electron chi connectivity index (χ4n) is 4.47. The molecule has 4 heterocycles. The second-order valence-corrected chi connectivity index (χ2v) is 10.6. The van der Waals surface area contributed by atoms with Crippen molar-refractivity contribution >= 4 is 34.2 Å². The van der Waals surface area contributed by atoms with Crippen molar-refractivity contribution in [1.29, 1.82) is 0 Å². The van der Waals surface area contributed by atoms with E-state index in [2.05, 4.69) is 10.2 Å². The number of halogens is 1. The number of hydrogen-bond acceptors (Lipinski definition) is 7. The molecule has 0 spiro atoms. The summed E-state index contributed by atoms with van der Waals surface area (Å²) in [7, 11) is -1.03. The van der Waals surface area contributed by atoms with Crippen LogP contribution in [-0.2, 0) is 22.0 Å². The van der Waals surface area contributed by atoms with Crippen LogP contribution in [0, 0.1) is 6.92 Å². The summed E-state index contributed by atoms with van der Waals surface area (Å²) in [5, 5.41) is 4.28. The van der Waals surface area contributed by atoms with E-state index in [4.69, 9.17) is 31.0 Å². The van der Waals surface area contributed by atoms with E-state index in [0.29, 0.717) is 11.8 Å². The van der Waals surface area contributed by atoms with Gasteiger partial charge in [0.25, 0.3) is 0 Å². The predicted octanol–water partition coefficient (Wildman–Crippen LogP) is 3.74. The van der Waals surface area contributed by atoms with Crippen LogP contribution in [0.4, 0.5) is 11.8 Å². The van der Waals surface area contributed by atoms with Crippen LogP contribution < -0.4 is 15.0 Å². The van der Waals surface area contributed by atoms with Crippen LogP contribution in [0.1, 0.15) is 36.9 Å². The minimum absolute atomic E-state index is 0.145. The normalized spacial score (nSPS) is 22.1. The Labute approximate surface area is 196 Å². The molecule has 1 unspecified atom stereocenters. The zero-order valence-electron chi connectivity index (χ0n) is 18.3. The summed E-state index contributed by atoms with van der Waals surface area (Å²) in [5.74, 6) is 2.93. The average Bonchev–Trinajstić information content (AvgIpc) is 3.18. The molecule has 0 amide bonds.